The first kappa shape index (κ1) is 23.2. The third-order valence-corrected chi connectivity index (χ3v) is 8.49. The largest absolute Gasteiger partial charge is 0.385 e. The van der Waals surface area contributed by atoms with E-state index in [0.717, 1.165) is 5.56 Å². The molecular formula is C22H34N2O5S. The predicted molar refractivity (Wildman–Crippen MR) is 117 cm³/mol. The maximum absolute atomic E-state index is 12.7. The number of rotatable bonds is 5. The maximum Gasteiger partial charge on any atom is 0.227 e. The van der Waals surface area contributed by atoms with E-state index in [1.54, 1.807) is 20.8 Å². The van der Waals surface area contributed by atoms with Gasteiger partial charge in [-0.15, -0.1) is 0 Å². The molecule has 0 aromatic heterocycles. The Morgan fingerprint density at radius 3 is 2.17 bits per heavy atom. The highest BCUT2D eigenvalue weighted by Crippen LogP contribution is 2.33. The van der Waals surface area contributed by atoms with Crippen LogP contribution in [0.5, 0.6) is 0 Å². The van der Waals surface area contributed by atoms with Gasteiger partial charge in [-0.2, -0.15) is 0 Å². The summed E-state index contributed by atoms with van der Waals surface area (Å²) >= 11 is 0. The molecule has 1 amide bonds. The fraction of sp³-hybridized carbons (Fsp3) is 0.682. The van der Waals surface area contributed by atoms with Crippen LogP contribution in [0.2, 0.25) is 0 Å². The monoisotopic (exact) mass is 438 g/mol. The van der Waals surface area contributed by atoms with Gasteiger partial charge in [-0.25, -0.2) is 13.1 Å². The maximum atomic E-state index is 12.7. The van der Waals surface area contributed by atoms with Crippen LogP contribution < -0.4 is 10.0 Å². The van der Waals surface area contributed by atoms with Gasteiger partial charge in [0.2, 0.25) is 15.9 Å². The van der Waals surface area contributed by atoms with Crippen LogP contribution >= 0.6 is 0 Å². The Bertz CT molecular complexity index is 831. The number of benzene rings is 1. The van der Waals surface area contributed by atoms with E-state index < -0.39 is 20.4 Å². The Kier molecular flexibility index (Phi) is 6.91. The summed E-state index contributed by atoms with van der Waals surface area (Å²) in [6.45, 7) is 6.13. The van der Waals surface area contributed by atoms with Gasteiger partial charge in [0.25, 0.3) is 0 Å². The van der Waals surface area contributed by atoms with E-state index in [9.17, 15) is 18.3 Å². The molecule has 1 aromatic carbocycles. The van der Waals surface area contributed by atoms with Gasteiger partial charge in [-0.05, 0) is 64.2 Å². The molecule has 1 aliphatic carbocycles. The molecule has 3 N–H and O–H groups in total. The van der Waals surface area contributed by atoms with Crippen LogP contribution in [0.4, 0.5) is 5.69 Å². The summed E-state index contributed by atoms with van der Waals surface area (Å²) in [7, 11) is -3.38. The number of ether oxygens (including phenoxy) is 1. The summed E-state index contributed by atoms with van der Waals surface area (Å²) in [5.74, 6) is -0.163. The van der Waals surface area contributed by atoms with Crippen LogP contribution in [0.25, 0.3) is 0 Å². The van der Waals surface area contributed by atoms with E-state index in [1.165, 1.54) is 0 Å². The minimum atomic E-state index is -3.38. The molecule has 0 unspecified atom stereocenters. The Balaban J connectivity index is 1.51. The summed E-state index contributed by atoms with van der Waals surface area (Å²) in [4.78, 5) is 12.7. The summed E-state index contributed by atoms with van der Waals surface area (Å²) < 4.78 is 31.9. The zero-order chi connectivity index (χ0) is 22.0. The van der Waals surface area contributed by atoms with E-state index in [1.807, 2.05) is 24.3 Å². The number of amides is 1. The van der Waals surface area contributed by atoms with Gasteiger partial charge in [-0.3, -0.25) is 4.79 Å². The van der Waals surface area contributed by atoms with E-state index in [-0.39, 0.29) is 17.9 Å². The minimum Gasteiger partial charge on any atom is -0.385 e. The molecule has 1 aromatic rings. The Morgan fingerprint density at radius 1 is 1.07 bits per heavy atom. The first-order valence-electron chi connectivity index (χ1n) is 10.7. The molecule has 3 rings (SSSR count). The smallest absolute Gasteiger partial charge is 0.227 e. The van der Waals surface area contributed by atoms with Crippen molar-refractivity contribution in [1.29, 1.82) is 0 Å². The molecule has 2 aliphatic rings. The fourth-order valence-corrected chi connectivity index (χ4v) is 5.00. The lowest BCUT2D eigenvalue weighted by molar-refractivity contribution is -0.120. The average molecular weight is 439 g/mol. The molecule has 0 bridgehead atoms. The number of nitrogens with one attached hydrogen (secondary N) is 2. The Hall–Kier alpha value is -1.48. The third kappa shape index (κ3) is 5.41. The average Bonchev–Trinajstić information content (AvgIpc) is 2.68. The number of anilines is 1. The third-order valence-electron chi connectivity index (χ3n) is 6.24. The second-order valence-electron chi connectivity index (χ2n) is 9.49. The molecule has 1 aliphatic heterocycles. The molecular weight excluding hydrogens is 404 g/mol. The summed E-state index contributed by atoms with van der Waals surface area (Å²) in [6, 6.07) is 7.25. The van der Waals surface area contributed by atoms with Crippen molar-refractivity contribution >= 4 is 21.6 Å². The highest BCUT2D eigenvalue weighted by atomic mass is 32.2. The highest BCUT2D eigenvalue weighted by Gasteiger charge is 2.34. The normalized spacial score (nSPS) is 24.9. The predicted octanol–water partition coefficient (Wildman–Crippen LogP) is 2.90. The molecule has 0 spiro atoms. The first-order valence-corrected chi connectivity index (χ1v) is 12.2. The number of carbonyl (C=O) groups excluding carboxylic acids is 1. The lowest BCUT2D eigenvalue weighted by atomic mass is 9.85. The minimum absolute atomic E-state index is 0.0374. The van der Waals surface area contributed by atoms with Crippen LogP contribution in [0, 0.1) is 5.92 Å². The molecule has 168 valence electrons. The van der Waals surface area contributed by atoms with E-state index in [2.05, 4.69) is 10.0 Å². The van der Waals surface area contributed by atoms with Crippen molar-refractivity contribution in [1.82, 2.24) is 4.72 Å². The molecule has 1 saturated heterocycles. The van der Waals surface area contributed by atoms with Crippen LogP contribution in [0.3, 0.4) is 0 Å². The second-order valence-corrected chi connectivity index (χ2v) is 12.0. The van der Waals surface area contributed by atoms with Crippen LogP contribution in [0.15, 0.2) is 24.3 Å². The first-order chi connectivity index (χ1) is 14.0. The molecule has 0 atom stereocenters. The van der Waals surface area contributed by atoms with Crippen LogP contribution in [-0.2, 0) is 25.2 Å². The van der Waals surface area contributed by atoms with E-state index in [4.69, 9.17) is 4.74 Å². The summed E-state index contributed by atoms with van der Waals surface area (Å²) in [6.07, 6.45) is 3.76. The molecule has 1 saturated carbocycles. The molecule has 2 fully saturated rings. The Morgan fingerprint density at radius 2 is 1.63 bits per heavy atom. The zero-order valence-corrected chi connectivity index (χ0v) is 18.9. The van der Waals surface area contributed by atoms with Crippen molar-refractivity contribution in [3.8, 4) is 0 Å². The van der Waals surface area contributed by atoms with Gasteiger partial charge >= 0.3 is 0 Å². The van der Waals surface area contributed by atoms with Crippen LogP contribution in [0.1, 0.15) is 64.9 Å². The number of carbonyl (C=O) groups is 1. The number of hydrogen-bond acceptors (Lipinski definition) is 5. The van der Waals surface area contributed by atoms with Crippen molar-refractivity contribution in [2.45, 2.75) is 75.7 Å². The van der Waals surface area contributed by atoms with Gasteiger partial charge in [0.1, 0.15) is 0 Å². The number of aliphatic hydroxyl groups is 1. The van der Waals surface area contributed by atoms with Gasteiger partial charge in [0.05, 0.1) is 10.3 Å². The molecule has 1 heterocycles. The second kappa shape index (κ2) is 8.94. The lowest BCUT2D eigenvalue weighted by Gasteiger charge is -2.32. The van der Waals surface area contributed by atoms with Crippen molar-refractivity contribution < 1.29 is 23.1 Å². The molecule has 30 heavy (non-hydrogen) atoms. The van der Waals surface area contributed by atoms with Crippen molar-refractivity contribution in [2.75, 3.05) is 18.5 Å². The van der Waals surface area contributed by atoms with Crippen LogP contribution in [-0.4, -0.2) is 43.4 Å². The topological polar surface area (TPSA) is 105 Å². The van der Waals surface area contributed by atoms with Gasteiger partial charge < -0.3 is 15.2 Å². The van der Waals surface area contributed by atoms with E-state index in [0.29, 0.717) is 57.4 Å². The molecule has 0 radical (unpaired) electrons. The Labute approximate surface area is 179 Å². The number of hydrogen-bond donors (Lipinski definition) is 3. The fourth-order valence-electron chi connectivity index (χ4n) is 3.98. The van der Waals surface area contributed by atoms with Crippen molar-refractivity contribution in [2.24, 2.45) is 5.92 Å². The lowest BCUT2D eigenvalue weighted by Crippen LogP contribution is -2.46. The standard InChI is InChI=1S/C22H34N2O5S/c1-21(2,3)30(27,28)24-19-8-4-16(5-9-19)20(25)23-18-10-6-17(7-11-18)22(26)12-14-29-15-13-22/h6-7,10-11,16,19,24,26H,4-5,8-9,12-15H2,1-3H3,(H,23,25)/t16-,19-. The van der Waals surface area contributed by atoms with Crippen molar-refractivity contribution in [3.05, 3.63) is 29.8 Å². The molecule has 7 nitrogen and oxygen atoms in total. The SMILES string of the molecule is CC(C)(C)S(=O)(=O)N[C@H]1CC[C@H](C(=O)Nc2ccc(C3(O)CCOCC3)cc2)CC1. The number of sulfonamides is 1. The van der Waals surface area contributed by atoms with Gasteiger partial charge in [0, 0.05) is 43.7 Å². The highest BCUT2D eigenvalue weighted by molar-refractivity contribution is 7.90. The quantitative estimate of drug-likeness (QED) is 0.656. The summed E-state index contributed by atoms with van der Waals surface area (Å²) in [5.41, 5.74) is 0.685. The summed E-state index contributed by atoms with van der Waals surface area (Å²) in [5, 5.41) is 13.7. The molecule has 8 heteroatoms. The zero-order valence-electron chi connectivity index (χ0n) is 18.1. The van der Waals surface area contributed by atoms with Gasteiger partial charge in [0.15, 0.2) is 0 Å². The van der Waals surface area contributed by atoms with Gasteiger partial charge in [-0.1, -0.05) is 12.1 Å². The van der Waals surface area contributed by atoms with E-state index >= 15 is 0 Å². The van der Waals surface area contributed by atoms with Crippen molar-refractivity contribution in [3.63, 3.8) is 0 Å².